The van der Waals surface area contributed by atoms with Gasteiger partial charge in [0.05, 0.1) is 0 Å². The van der Waals surface area contributed by atoms with Crippen molar-refractivity contribution in [1.29, 1.82) is 0 Å². The Morgan fingerprint density at radius 2 is 2.00 bits per heavy atom. The lowest BCUT2D eigenvalue weighted by atomic mass is 10.0. The van der Waals surface area contributed by atoms with Crippen LogP contribution in [0.3, 0.4) is 0 Å². The van der Waals surface area contributed by atoms with Gasteiger partial charge in [0.15, 0.2) is 0 Å². The summed E-state index contributed by atoms with van der Waals surface area (Å²) in [4.78, 5) is 35.8. The second-order valence-electron chi connectivity index (χ2n) is 4.79. The Morgan fingerprint density at radius 3 is 2.50 bits per heavy atom. The summed E-state index contributed by atoms with van der Waals surface area (Å²) >= 11 is 0. The Kier molecular flexibility index (Phi) is 2.48. The van der Waals surface area contributed by atoms with Crippen molar-refractivity contribution in [2.75, 3.05) is 6.54 Å². The minimum absolute atomic E-state index is 0.118. The minimum Gasteiger partial charge on any atom is -0.277 e. The molecule has 1 atom stereocenters. The van der Waals surface area contributed by atoms with Gasteiger partial charge in [-0.15, -0.1) is 0 Å². The van der Waals surface area contributed by atoms with Crippen LogP contribution in [0.25, 0.3) is 0 Å². The van der Waals surface area contributed by atoms with Crippen LogP contribution in [-0.2, 0) is 9.59 Å². The van der Waals surface area contributed by atoms with Crippen molar-refractivity contribution in [2.24, 2.45) is 11.3 Å². The van der Waals surface area contributed by atoms with E-state index >= 15 is 0 Å². The quantitative estimate of drug-likeness (QED) is 0.724. The minimum atomic E-state index is -0.745. The molecule has 1 saturated heterocycles. The predicted molar refractivity (Wildman–Crippen MR) is 56.4 cm³/mol. The Morgan fingerprint density at radius 1 is 1.38 bits per heavy atom. The first-order chi connectivity index (χ1) is 7.49. The van der Waals surface area contributed by atoms with E-state index in [4.69, 9.17) is 0 Å². The standard InChI is InChI=1S/C11H16N2O3/c1-3-11(4-5-11)6-13-9(15)7(2)8(14)12-10(13)16/h7H,3-6H2,1-2H3,(H,12,14,16). The lowest BCUT2D eigenvalue weighted by molar-refractivity contribution is -0.142. The zero-order chi connectivity index (χ0) is 11.9. The molecular formula is C11H16N2O3. The first-order valence-electron chi connectivity index (χ1n) is 5.65. The first kappa shape index (κ1) is 11.1. The van der Waals surface area contributed by atoms with Gasteiger partial charge in [-0.1, -0.05) is 6.92 Å². The van der Waals surface area contributed by atoms with Crippen LogP contribution >= 0.6 is 0 Å². The fraction of sp³-hybridized carbons (Fsp3) is 0.727. The number of nitrogens with zero attached hydrogens (tertiary/aromatic N) is 1. The van der Waals surface area contributed by atoms with E-state index in [0.29, 0.717) is 6.54 Å². The average Bonchev–Trinajstić information content (AvgIpc) is 3.02. The second kappa shape index (κ2) is 3.57. The maximum Gasteiger partial charge on any atom is 0.330 e. The van der Waals surface area contributed by atoms with E-state index < -0.39 is 17.9 Å². The van der Waals surface area contributed by atoms with Crippen LogP contribution in [0.2, 0.25) is 0 Å². The molecule has 1 N–H and O–H groups in total. The third kappa shape index (κ3) is 1.70. The largest absolute Gasteiger partial charge is 0.330 e. The van der Waals surface area contributed by atoms with Crippen molar-refractivity contribution >= 4 is 17.8 Å². The van der Waals surface area contributed by atoms with Gasteiger partial charge < -0.3 is 0 Å². The fourth-order valence-electron chi connectivity index (χ4n) is 2.01. The van der Waals surface area contributed by atoms with Crippen LogP contribution in [0.1, 0.15) is 33.1 Å². The molecule has 0 bridgehead atoms. The zero-order valence-electron chi connectivity index (χ0n) is 9.58. The molecule has 1 aliphatic carbocycles. The normalized spacial score (nSPS) is 28.0. The average molecular weight is 224 g/mol. The first-order valence-corrected chi connectivity index (χ1v) is 5.65. The van der Waals surface area contributed by atoms with Crippen LogP contribution in [0.4, 0.5) is 4.79 Å². The lowest BCUT2D eigenvalue weighted by Gasteiger charge is -2.31. The number of hydrogen-bond acceptors (Lipinski definition) is 3. The highest BCUT2D eigenvalue weighted by atomic mass is 16.2. The summed E-state index contributed by atoms with van der Waals surface area (Å²) in [6, 6.07) is -0.562. The van der Waals surface area contributed by atoms with Gasteiger partial charge in [0.1, 0.15) is 5.92 Å². The third-order valence-corrected chi connectivity index (χ3v) is 3.71. The van der Waals surface area contributed by atoms with E-state index in [-0.39, 0.29) is 11.3 Å². The van der Waals surface area contributed by atoms with Gasteiger partial charge in [-0.3, -0.25) is 19.8 Å². The van der Waals surface area contributed by atoms with E-state index in [1.165, 1.54) is 11.8 Å². The second-order valence-corrected chi connectivity index (χ2v) is 4.79. The number of hydrogen-bond donors (Lipinski definition) is 1. The lowest BCUT2D eigenvalue weighted by Crippen LogP contribution is -2.58. The summed E-state index contributed by atoms with van der Waals surface area (Å²) in [6.07, 6.45) is 3.08. The Bertz CT molecular complexity index is 360. The topological polar surface area (TPSA) is 66.5 Å². The number of carbonyl (C=O) groups excluding carboxylic acids is 3. The van der Waals surface area contributed by atoms with E-state index in [9.17, 15) is 14.4 Å². The number of nitrogens with one attached hydrogen (secondary N) is 1. The van der Waals surface area contributed by atoms with Gasteiger partial charge in [-0.25, -0.2) is 4.79 Å². The van der Waals surface area contributed by atoms with Crippen molar-refractivity contribution in [3.8, 4) is 0 Å². The van der Waals surface area contributed by atoms with Gasteiger partial charge in [-0.05, 0) is 31.6 Å². The molecule has 1 saturated carbocycles. The van der Waals surface area contributed by atoms with Crippen LogP contribution < -0.4 is 5.32 Å². The van der Waals surface area contributed by atoms with Crippen LogP contribution in [-0.4, -0.2) is 29.3 Å². The van der Waals surface area contributed by atoms with Crippen molar-refractivity contribution in [3.05, 3.63) is 0 Å². The van der Waals surface area contributed by atoms with Crippen molar-refractivity contribution in [2.45, 2.75) is 33.1 Å². The maximum absolute atomic E-state index is 11.8. The summed E-state index contributed by atoms with van der Waals surface area (Å²) in [6.45, 7) is 4.04. The molecule has 5 heteroatoms. The maximum atomic E-state index is 11.8. The number of imide groups is 2. The molecule has 0 radical (unpaired) electrons. The SMILES string of the molecule is CCC1(CN2C(=O)NC(=O)C(C)C2=O)CC1. The molecule has 0 aromatic rings. The summed E-state index contributed by atoms with van der Waals surface area (Å²) in [5.74, 6) is -1.61. The molecule has 1 aliphatic heterocycles. The summed E-state index contributed by atoms with van der Waals surface area (Å²) in [7, 11) is 0. The van der Waals surface area contributed by atoms with Gasteiger partial charge >= 0.3 is 6.03 Å². The van der Waals surface area contributed by atoms with Gasteiger partial charge in [0.25, 0.3) is 0 Å². The van der Waals surface area contributed by atoms with E-state index in [1.54, 1.807) is 0 Å². The molecule has 2 rings (SSSR count). The fourth-order valence-corrected chi connectivity index (χ4v) is 2.01. The van der Waals surface area contributed by atoms with Crippen LogP contribution in [0.5, 0.6) is 0 Å². The summed E-state index contributed by atoms with van der Waals surface area (Å²) < 4.78 is 0. The smallest absolute Gasteiger partial charge is 0.277 e. The molecule has 2 fully saturated rings. The van der Waals surface area contributed by atoms with Crippen LogP contribution in [0.15, 0.2) is 0 Å². The highest BCUT2D eigenvalue weighted by molar-refractivity contribution is 6.15. The Labute approximate surface area is 94.2 Å². The van der Waals surface area contributed by atoms with Crippen molar-refractivity contribution < 1.29 is 14.4 Å². The van der Waals surface area contributed by atoms with Crippen molar-refractivity contribution in [3.63, 3.8) is 0 Å². The Hall–Kier alpha value is -1.39. The number of barbiturate groups is 1. The highest BCUT2D eigenvalue weighted by Gasteiger charge is 2.47. The molecule has 1 unspecified atom stereocenters. The highest BCUT2D eigenvalue weighted by Crippen LogP contribution is 2.49. The van der Waals surface area contributed by atoms with Crippen LogP contribution in [0, 0.1) is 11.3 Å². The molecule has 5 nitrogen and oxygen atoms in total. The molecule has 4 amide bonds. The van der Waals surface area contributed by atoms with E-state index in [0.717, 1.165) is 19.3 Å². The monoisotopic (exact) mass is 224 g/mol. The predicted octanol–water partition coefficient (Wildman–Crippen LogP) is 0.891. The molecule has 0 aromatic heterocycles. The molecule has 88 valence electrons. The molecule has 0 aromatic carbocycles. The number of urea groups is 1. The van der Waals surface area contributed by atoms with Gasteiger partial charge in [0.2, 0.25) is 11.8 Å². The van der Waals surface area contributed by atoms with Gasteiger partial charge in [-0.2, -0.15) is 0 Å². The summed E-state index contributed by atoms with van der Waals surface area (Å²) in [5.41, 5.74) is 0.118. The number of amides is 4. The molecule has 16 heavy (non-hydrogen) atoms. The molecule has 2 aliphatic rings. The van der Waals surface area contributed by atoms with E-state index in [2.05, 4.69) is 12.2 Å². The molecule has 0 spiro atoms. The van der Waals surface area contributed by atoms with Crippen molar-refractivity contribution in [1.82, 2.24) is 10.2 Å². The van der Waals surface area contributed by atoms with Gasteiger partial charge in [0, 0.05) is 6.54 Å². The molecular weight excluding hydrogens is 208 g/mol. The zero-order valence-corrected chi connectivity index (χ0v) is 9.58. The Balaban J connectivity index is 2.11. The number of rotatable bonds is 3. The number of carbonyl (C=O) groups is 3. The molecule has 1 heterocycles. The third-order valence-electron chi connectivity index (χ3n) is 3.71. The van der Waals surface area contributed by atoms with E-state index in [1.807, 2.05) is 0 Å². The summed E-state index contributed by atoms with van der Waals surface area (Å²) in [5, 5.41) is 2.21.